The van der Waals surface area contributed by atoms with Gasteiger partial charge in [0.25, 0.3) is 21.6 Å². The summed E-state index contributed by atoms with van der Waals surface area (Å²) in [5, 5.41) is 13.4. The molecule has 0 bridgehead atoms. The Morgan fingerprint density at radius 3 is 2.37 bits per heavy atom. The molecular formula is C21H19N3O5S. The lowest BCUT2D eigenvalue weighted by atomic mass is 10.1. The number of nitro benzene ring substituents is 1. The Labute approximate surface area is 173 Å². The van der Waals surface area contributed by atoms with Crippen LogP contribution in [-0.2, 0) is 10.0 Å². The third-order valence-corrected chi connectivity index (χ3v) is 5.95. The van der Waals surface area contributed by atoms with E-state index in [4.69, 9.17) is 0 Å². The van der Waals surface area contributed by atoms with Crippen LogP contribution in [0.15, 0.2) is 71.6 Å². The summed E-state index contributed by atoms with van der Waals surface area (Å²) in [5.41, 5.74) is 1.86. The van der Waals surface area contributed by atoms with E-state index in [0.717, 1.165) is 5.56 Å². The zero-order chi connectivity index (χ0) is 21.9. The van der Waals surface area contributed by atoms with Gasteiger partial charge in [-0.3, -0.25) is 19.6 Å². The summed E-state index contributed by atoms with van der Waals surface area (Å²) in [7, 11) is -3.93. The van der Waals surface area contributed by atoms with E-state index < -0.39 is 20.9 Å². The van der Waals surface area contributed by atoms with E-state index in [9.17, 15) is 23.3 Å². The molecule has 3 aromatic rings. The summed E-state index contributed by atoms with van der Waals surface area (Å²) in [6.45, 7) is 3.42. The summed E-state index contributed by atoms with van der Waals surface area (Å²) >= 11 is 0. The average Bonchev–Trinajstić information content (AvgIpc) is 2.70. The highest BCUT2D eigenvalue weighted by Crippen LogP contribution is 2.24. The fraction of sp³-hybridized carbons (Fsp3) is 0.0952. The quantitative estimate of drug-likeness (QED) is 0.452. The predicted molar refractivity (Wildman–Crippen MR) is 114 cm³/mol. The van der Waals surface area contributed by atoms with Gasteiger partial charge < -0.3 is 5.32 Å². The number of nitro groups is 1. The van der Waals surface area contributed by atoms with Gasteiger partial charge in [-0.2, -0.15) is 0 Å². The molecular weight excluding hydrogens is 406 g/mol. The van der Waals surface area contributed by atoms with E-state index in [-0.39, 0.29) is 21.8 Å². The van der Waals surface area contributed by atoms with Crippen molar-refractivity contribution in [3.63, 3.8) is 0 Å². The van der Waals surface area contributed by atoms with Crippen molar-refractivity contribution in [2.24, 2.45) is 0 Å². The number of amides is 1. The number of nitrogens with one attached hydrogen (secondary N) is 2. The molecule has 0 aliphatic rings. The number of hydrogen-bond acceptors (Lipinski definition) is 5. The number of anilines is 2. The van der Waals surface area contributed by atoms with Crippen LogP contribution in [0.3, 0.4) is 0 Å². The van der Waals surface area contributed by atoms with Gasteiger partial charge in [0, 0.05) is 23.4 Å². The average molecular weight is 425 g/mol. The minimum absolute atomic E-state index is 0.0301. The van der Waals surface area contributed by atoms with E-state index in [1.54, 1.807) is 38.1 Å². The number of non-ortho nitro benzene ring substituents is 1. The van der Waals surface area contributed by atoms with Gasteiger partial charge in [-0.1, -0.05) is 30.3 Å². The van der Waals surface area contributed by atoms with Gasteiger partial charge in [-0.05, 0) is 49.2 Å². The third-order valence-electron chi connectivity index (χ3n) is 4.44. The molecule has 0 saturated heterocycles. The normalized spacial score (nSPS) is 11.0. The lowest BCUT2D eigenvalue weighted by Gasteiger charge is -2.13. The summed E-state index contributed by atoms with van der Waals surface area (Å²) in [6, 6.07) is 16.8. The van der Waals surface area contributed by atoms with E-state index in [0.29, 0.717) is 11.3 Å². The largest absolute Gasteiger partial charge is 0.322 e. The highest BCUT2D eigenvalue weighted by atomic mass is 32.2. The first-order valence-corrected chi connectivity index (χ1v) is 10.4. The molecule has 0 radical (unpaired) electrons. The molecule has 0 aromatic heterocycles. The maximum absolute atomic E-state index is 12.9. The molecule has 30 heavy (non-hydrogen) atoms. The van der Waals surface area contributed by atoms with Crippen molar-refractivity contribution >= 4 is 33.0 Å². The Hall–Kier alpha value is -3.72. The van der Waals surface area contributed by atoms with Gasteiger partial charge >= 0.3 is 0 Å². The fourth-order valence-corrected chi connectivity index (χ4v) is 4.22. The Bertz CT molecular complexity index is 1240. The number of hydrogen-bond donors (Lipinski definition) is 2. The number of nitrogens with zero attached hydrogens (tertiary/aromatic N) is 1. The zero-order valence-electron chi connectivity index (χ0n) is 16.2. The monoisotopic (exact) mass is 425 g/mol. The van der Waals surface area contributed by atoms with Gasteiger partial charge in [0.05, 0.1) is 15.5 Å². The Morgan fingerprint density at radius 2 is 1.67 bits per heavy atom. The number of benzene rings is 3. The van der Waals surface area contributed by atoms with Gasteiger partial charge in [0.2, 0.25) is 0 Å². The molecule has 0 spiro atoms. The van der Waals surface area contributed by atoms with Crippen molar-refractivity contribution in [1.29, 1.82) is 0 Å². The number of rotatable bonds is 6. The molecule has 8 nitrogen and oxygen atoms in total. The molecule has 0 fully saturated rings. The summed E-state index contributed by atoms with van der Waals surface area (Å²) < 4.78 is 28.4. The maximum Gasteiger partial charge on any atom is 0.271 e. The zero-order valence-corrected chi connectivity index (χ0v) is 17.1. The van der Waals surface area contributed by atoms with Crippen molar-refractivity contribution in [2.45, 2.75) is 18.7 Å². The molecule has 1 amide bonds. The Kier molecular flexibility index (Phi) is 5.84. The summed E-state index contributed by atoms with van der Waals surface area (Å²) in [4.78, 5) is 22.9. The first kappa shape index (κ1) is 21.0. The van der Waals surface area contributed by atoms with Gasteiger partial charge in [-0.25, -0.2) is 8.42 Å². The van der Waals surface area contributed by atoms with Crippen molar-refractivity contribution in [3.05, 3.63) is 93.5 Å². The van der Waals surface area contributed by atoms with Crippen molar-refractivity contribution < 1.29 is 18.1 Å². The van der Waals surface area contributed by atoms with Gasteiger partial charge in [-0.15, -0.1) is 0 Å². The number of carbonyl (C=O) groups excluding carboxylic acids is 1. The second kappa shape index (κ2) is 8.34. The van der Waals surface area contributed by atoms with Crippen LogP contribution < -0.4 is 10.0 Å². The fourth-order valence-electron chi connectivity index (χ4n) is 2.82. The molecule has 0 aliphatic carbocycles. The molecule has 0 heterocycles. The van der Waals surface area contributed by atoms with Crippen molar-refractivity contribution in [1.82, 2.24) is 0 Å². The Balaban J connectivity index is 1.89. The van der Waals surface area contributed by atoms with Crippen LogP contribution in [0.2, 0.25) is 0 Å². The van der Waals surface area contributed by atoms with Crippen LogP contribution in [0.4, 0.5) is 17.1 Å². The number of aryl methyl sites for hydroxylation is 2. The van der Waals surface area contributed by atoms with Crippen LogP contribution in [0, 0.1) is 24.0 Å². The first-order chi connectivity index (χ1) is 14.2. The number of para-hydroxylation sites is 1. The molecule has 3 rings (SSSR count). The minimum atomic E-state index is -3.93. The smallest absolute Gasteiger partial charge is 0.271 e. The highest BCUT2D eigenvalue weighted by Gasteiger charge is 2.20. The second-order valence-electron chi connectivity index (χ2n) is 6.66. The molecule has 9 heteroatoms. The molecule has 0 aliphatic heterocycles. The van der Waals surface area contributed by atoms with Gasteiger partial charge in [0.15, 0.2) is 0 Å². The standard InChI is InChI=1S/C21H19N3O5S/c1-14-6-3-4-9-19(14)23-30(28,29)20-12-16(11-10-15(20)2)21(25)22-17-7-5-8-18(13-17)24(26)27/h3-13,23H,1-2H3,(H,22,25). The van der Waals surface area contributed by atoms with Crippen LogP contribution in [0.25, 0.3) is 0 Å². The molecule has 3 aromatic carbocycles. The molecule has 0 saturated carbocycles. The van der Waals surface area contributed by atoms with E-state index >= 15 is 0 Å². The molecule has 0 unspecified atom stereocenters. The van der Waals surface area contributed by atoms with Crippen LogP contribution in [-0.4, -0.2) is 19.2 Å². The van der Waals surface area contributed by atoms with Crippen molar-refractivity contribution in [3.8, 4) is 0 Å². The molecule has 0 atom stereocenters. The van der Waals surface area contributed by atoms with Crippen LogP contribution in [0.5, 0.6) is 0 Å². The lowest BCUT2D eigenvalue weighted by Crippen LogP contribution is -2.17. The predicted octanol–water partition coefficient (Wildman–Crippen LogP) is 4.26. The summed E-state index contributed by atoms with van der Waals surface area (Å²) in [5.74, 6) is -0.581. The van der Waals surface area contributed by atoms with Crippen LogP contribution in [0.1, 0.15) is 21.5 Å². The number of carbonyl (C=O) groups is 1. The van der Waals surface area contributed by atoms with E-state index in [2.05, 4.69) is 10.0 Å². The maximum atomic E-state index is 12.9. The van der Waals surface area contributed by atoms with E-state index in [1.807, 2.05) is 0 Å². The lowest BCUT2D eigenvalue weighted by molar-refractivity contribution is -0.384. The minimum Gasteiger partial charge on any atom is -0.322 e. The summed E-state index contributed by atoms with van der Waals surface area (Å²) in [6.07, 6.45) is 0. The number of sulfonamides is 1. The first-order valence-electron chi connectivity index (χ1n) is 8.92. The third kappa shape index (κ3) is 4.64. The van der Waals surface area contributed by atoms with E-state index in [1.165, 1.54) is 42.5 Å². The molecule has 154 valence electrons. The Morgan fingerprint density at radius 1 is 0.933 bits per heavy atom. The highest BCUT2D eigenvalue weighted by molar-refractivity contribution is 7.92. The van der Waals surface area contributed by atoms with Crippen LogP contribution >= 0.6 is 0 Å². The molecule has 2 N–H and O–H groups in total. The van der Waals surface area contributed by atoms with Crippen molar-refractivity contribution in [2.75, 3.05) is 10.0 Å². The van der Waals surface area contributed by atoms with Gasteiger partial charge in [0.1, 0.15) is 0 Å². The second-order valence-corrected chi connectivity index (χ2v) is 8.31. The topological polar surface area (TPSA) is 118 Å². The SMILES string of the molecule is Cc1ccccc1NS(=O)(=O)c1cc(C(=O)Nc2cccc([N+](=O)[O-])c2)ccc1C.